The summed E-state index contributed by atoms with van der Waals surface area (Å²) in [6.07, 6.45) is 3.90. The van der Waals surface area contributed by atoms with Gasteiger partial charge in [-0.05, 0) is 48.9 Å². The molecule has 3 N–H and O–H groups in total. The van der Waals surface area contributed by atoms with Gasteiger partial charge < -0.3 is 10.2 Å². The third kappa shape index (κ3) is 3.17. The van der Waals surface area contributed by atoms with Gasteiger partial charge in [0.25, 0.3) is 0 Å². The Labute approximate surface area is 117 Å². The number of nitrogens with one attached hydrogen (secondary N) is 1. The Hall–Kier alpha value is -1.44. The summed E-state index contributed by atoms with van der Waals surface area (Å²) < 4.78 is 26.2. The number of carbonyl (C=O) groups is 1. The van der Waals surface area contributed by atoms with E-state index in [0.29, 0.717) is 0 Å². The van der Waals surface area contributed by atoms with E-state index < -0.39 is 28.6 Å². The van der Waals surface area contributed by atoms with E-state index in [0.717, 1.165) is 36.8 Å². The molecule has 0 saturated heterocycles. The molecule has 6 nitrogen and oxygen atoms in total. The maximum atomic E-state index is 12.1. The highest BCUT2D eigenvalue weighted by atomic mass is 32.2. The van der Waals surface area contributed by atoms with Gasteiger partial charge >= 0.3 is 5.97 Å². The third-order valence-corrected chi connectivity index (χ3v) is 4.88. The molecule has 0 fully saturated rings. The van der Waals surface area contributed by atoms with Crippen molar-refractivity contribution in [2.75, 3.05) is 6.61 Å². The van der Waals surface area contributed by atoms with Crippen LogP contribution in [0.5, 0.6) is 0 Å². The second kappa shape index (κ2) is 5.90. The summed E-state index contributed by atoms with van der Waals surface area (Å²) in [6, 6.07) is 3.31. The number of fused-ring (bicyclic) bond motifs is 1. The first-order valence-corrected chi connectivity index (χ1v) is 7.90. The molecule has 0 bridgehead atoms. The van der Waals surface area contributed by atoms with Gasteiger partial charge in [-0.1, -0.05) is 6.07 Å². The van der Waals surface area contributed by atoms with E-state index >= 15 is 0 Å². The molecule has 1 aromatic carbocycles. The summed E-state index contributed by atoms with van der Waals surface area (Å²) in [5.41, 5.74) is 2.14. The molecule has 0 aromatic heterocycles. The van der Waals surface area contributed by atoms with Crippen LogP contribution in [0.1, 0.15) is 24.0 Å². The molecule has 20 heavy (non-hydrogen) atoms. The van der Waals surface area contributed by atoms with Crippen LogP contribution in [0.15, 0.2) is 23.1 Å². The zero-order valence-electron chi connectivity index (χ0n) is 10.9. The molecule has 7 heteroatoms. The smallest absolute Gasteiger partial charge is 0.324 e. The predicted octanol–water partition coefficient (Wildman–Crippen LogP) is 0.289. The molecule has 0 aliphatic heterocycles. The van der Waals surface area contributed by atoms with Gasteiger partial charge in [-0.15, -0.1) is 0 Å². The van der Waals surface area contributed by atoms with E-state index in [9.17, 15) is 13.2 Å². The SMILES string of the molecule is O=C(O)[C@H](CO)NS(=O)(=O)c1ccc2c(c1)CCCC2. The summed E-state index contributed by atoms with van der Waals surface area (Å²) in [5, 5.41) is 17.7. The molecule has 0 amide bonds. The molecular weight excluding hydrogens is 282 g/mol. The van der Waals surface area contributed by atoms with E-state index in [1.54, 1.807) is 12.1 Å². The summed E-state index contributed by atoms with van der Waals surface area (Å²) in [5.74, 6) is -1.41. The number of sulfonamides is 1. The molecule has 0 saturated carbocycles. The highest BCUT2D eigenvalue weighted by Gasteiger charge is 2.25. The van der Waals surface area contributed by atoms with Crippen LogP contribution < -0.4 is 4.72 Å². The Morgan fingerprint density at radius 3 is 2.50 bits per heavy atom. The van der Waals surface area contributed by atoms with Crippen LogP contribution in [0.2, 0.25) is 0 Å². The van der Waals surface area contributed by atoms with Crippen molar-refractivity contribution in [3.05, 3.63) is 29.3 Å². The molecule has 0 radical (unpaired) electrons. The Balaban J connectivity index is 2.27. The summed E-state index contributed by atoms with van der Waals surface area (Å²) in [4.78, 5) is 10.8. The Morgan fingerprint density at radius 2 is 1.90 bits per heavy atom. The van der Waals surface area contributed by atoms with Gasteiger partial charge in [0, 0.05) is 0 Å². The first kappa shape index (κ1) is 15.0. The monoisotopic (exact) mass is 299 g/mol. The second-order valence-corrected chi connectivity index (χ2v) is 6.55. The van der Waals surface area contributed by atoms with E-state index in [1.165, 1.54) is 6.07 Å². The Kier molecular flexibility index (Phi) is 4.42. The third-order valence-electron chi connectivity index (χ3n) is 3.41. The Morgan fingerprint density at radius 1 is 1.25 bits per heavy atom. The lowest BCUT2D eigenvalue weighted by Gasteiger charge is -2.17. The largest absolute Gasteiger partial charge is 0.480 e. The lowest BCUT2D eigenvalue weighted by molar-refractivity contribution is -0.139. The molecule has 110 valence electrons. The number of aliphatic hydroxyl groups excluding tert-OH is 1. The van der Waals surface area contributed by atoms with Crippen molar-refractivity contribution in [3.63, 3.8) is 0 Å². The fraction of sp³-hybridized carbons (Fsp3) is 0.462. The van der Waals surface area contributed by atoms with Crippen LogP contribution in [0.4, 0.5) is 0 Å². The quantitative estimate of drug-likeness (QED) is 0.725. The molecule has 1 aliphatic carbocycles. The lowest BCUT2D eigenvalue weighted by atomic mass is 9.92. The zero-order valence-corrected chi connectivity index (χ0v) is 11.7. The molecule has 1 aliphatic rings. The zero-order chi connectivity index (χ0) is 14.8. The number of hydrogen-bond acceptors (Lipinski definition) is 4. The lowest BCUT2D eigenvalue weighted by Crippen LogP contribution is -2.43. The maximum Gasteiger partial charge on any atom is 0.324 e. The van der Waals surface area contributed by atoms with Crippen LogP contribution >= 0.6 is 0 Å². The first-order valence-electron chi connectivity index (χ1n) is 6.42. The van der Waals surface area contributed by atoms with Gasteiger partial charge in [-0.3, -0.25) is 4.79 Å². The van der Waals surface area contributed by atoms with Crippen molar-refractivity contribution in [1.29, 1.82) is 0 Å². The number of carboxylic acids is 1. The molecule has 0 heterocycles. The predicted molar refractivity (Wildman–Crippen MR) is 71.9 cm³/mol. The maximum absolute atomic E-state index is 12.1. The van der Waals surface area contributed by atoms with Gasteiger partial charge in [0.05, 0.1) is 11.5 Å². The number of aliphatic carboxylic acids is 1. The van der Waals surface area contributed by atoms with Crippen LogP contribution in [-0.4, -0.2) is 37.2 Å². The van der Waals surface area contributed by atoms with Crippen molar-refractivity contribution in [2.45, 2.75) is 36.6 Å². The minimum Gasteiger partial charge on any atom is -0.480 e. The standard InChI is InChI=1S/C13H17NO5S/c15-8-12(13(16)17)14-20(18,19)11-6-5-9-3-1-2-4-10(9)7-11/h5-7,12,14-15H,1-4,8H2,(H,16,17)/t12-/m0/s1. The van der Waals surface area contributed by atoms with E-state index in [-0.39, 0.29) is 4.90 Å². The summed E-state index contributed by atoms with van der Waals surface area (Å²) in [6.45, 7) is -0.792. The van der Waals surface area contributed by atoms with Crippen molar-refractivity contribution < 1.29 is 23.4 Å². The van der Waals surface area contributed by atoms with Gasteiger partial charge in [-0.2, -0.15) is 4.72 Å². The molecule has 2 rings (SSSR count). The first-order chi connectivity index (χ1) is 9.44. The van der Waals surface area contributed by atoms with Gasteiger partial charge in [0.1, 0.15) is 6.04 Å². The van der Waals surface area contributed by atoms with E-state index in [1.807, 2.05) is 4.72 Å². The minimum absolute atomic E-state index is 0.0397. The highest BCUT2D eigenvalue weighted by molar-refractivity contribution is 7.89. The van der Waals surface area contributed by atoms with Gasteiger partial charge in [0.2, 0.25) is 10.0 Å². The van der Waals surface area contributed by atoms with Gasteiger partial charge in [-0.25, -0.2) is 8.42 Å². The van der Waals surface area contributed by atoms with E-state index in [4.69, 9.17) is 10.2 Å². The topological polar surface area (TPSA) is 104 Å². The molecule has 0 spiro atoms. The highest BCUT2D eigenvalue weighted by Crippen LogP contribution is 2.24. The number of carboxylic acid groups (broad SMARTS) is 1. The summed E-state index contributed by atoms with van der Waals surface area (Å²) >= 11 is 0. The van der Waals surface area contributed by atoms with Crippen molar-refractivity contribution in [2.24, 2.45) is 0 Å². The van der Waals surface area contributed by atoms with Crippen LogP contribution in [-0.2, 0) is 27.7 Å². The number of aryl methyl sites for hydroxylation is 2. The molecule has 0 unspecified atom stereocenters. The minimum atomic E-state index is -3.94. The van der Waals surface area contributed by atoms with Crippen molar-refractivity contribution >= 4 is 16.0 Å². The van der Waals surface area contributed by atoms with Crippen molar-refractivity contribution in [3.8, 4) is 0 Å². The fourth-order valence-electron chi connectivity index (χ4n) is 2.30. The number of benzene rings is 1. The second-order valence-electron chi connectivity index (χ2n) is 4.83. The average Bonchev–Trinajstić information content (AvgIpc) is 2.44. The van der Waals surface area contributed by atoms with Crippen molar-refractivity contribution in [1.82, 2.24) is 4.72 Å². The van der Waals surface area contributed by atoms with Gasteiger partial charge in [0.15, 0.2) is 0 Å². The summed E-state index contributed by atoms with van der Waals surface area (Å²) in [7, 11) is -3.94. The van der Waals surface area contributed by atoms with E-state index in [2.05, 4.69) is 0 Å². The van der Waals surface area contributed by atoms with Crippen LogP contribution in [0.3, 0.4) is 0 Å². The Bertz CT molecular complexity index is 611. The van der Waals surface area contributed by atoms with Crippen LogP contribution in [0.25, 0.3) is 0 Å². The normalized spacial score (nSPS) is 16.4. The molecule has 1 aromatic rings. The average molecular weight is 299 g/mol. The molecule has 1 atom stereocenters. The number of rotatable bonds is 5. The number of hydrogen-bond donors (Lipinski definition) is 3. The van der Waals surface area contributed by atoms with Crippen LogP contribution in [0, 0.1) is 0 Å². The fourth-order valence-corrected chi connectivity index (χ4v) is 3.53. The number of aliphatic hydroxyl groups is 1. The molecular formula is C13H17NO5S.